The highest BCUT2D eigenvalue weighted by Gasteiger charge is 2.34. The molecule has 3 atom stereocenters. The molecule has 1 saturated carbocycles. The largest absolute Gasteiger partial charge is 0.392 e. The van der Waals surface area contributed by atoms with E-state index in [1.165, 1.54) is 5.57 Å². The molecule has 1 heteroatoms. The molecule has 0 aromatic rings. The van der Waals surface area contributed by atoms with Crippen LogP contribution in [0.3, 0.4) is 0 Å². The van der Waals surface area contributed by atoms with E-state index >= 15 is 0 Å². The average molecular weight is 190 g/mol. The van der Waals surface area contributed by atoms with Gasteiger partial charge in [0.1, 0.15) is 0 Å². The van der Waals surface area contributed by atoms with Crippen LogP contribution in [0.4, 0.5) is 0 Å². The van der Waals surface area contributed by atoms with Gasteiger partial charge >= 0.3 is 0 Å². The van der Waals surface area contributed by atoms with Crippen molar-refractivity contribution < 1.29 is 5.11 Å². The molecule has 0 aromatic carbocycles. The van der Waals surface area contributed by atoms with Gasteiger partial charge in [0.15, 0.2) is 0 Å². The molecule has 2 aliphatic rings. The molecule has 2 unspecified atom stereocenters. The molecule has 0 aliphatic heterocycles. The van der Waals surface area contributed by atoms with Crippen LogP contribution in [0, 0.1) is 11.8 Å². The highest BCUT2D eigenvalue weighted by atomic mass is 16.3. The number of aliphatic hydroxyl groups excluding tert-OH is 1. The maximum absolute atomic E-state index is 9.55. The molecule has 0 aromatic heterocycles. The van der Waals surface area contributed by atoms with E-state index in [-0.39, 0.29) is 12.0 Å². The van der Waals surface area contributed by atoms with Gasteiger partial charge in [-0.1, -0.05) is 24.8 Å². The van der Waals surface area contributed by atoms with Crippen molar-refractivity contribution in [1.82, 2.24) is 0 Å². The van der Waals surface area contributed by atoms with Crippen LogP contribution in [0.5, 0.6) is 0 Å². The fourth-order valence-corrected chi connectivity index (χ4v) is 2.24. The number of rotatable bonds is 3. The zero-order chi connectivity index (χ0) is 10.3. The maximum Gasteiger partial charge on any atom is 0.0608 e. The Labute approximate surface area is 85.8 Å². The quantitative estimate of drug-likeness (QED) is 0.536. The first-order chi connectivity index (χ1) is 6.61. The minimum atomic E-state index is -0.163. The van der Waals surface area contributed by atoms with Crippen LogP contribution >= 0.6 is 0 Å². The van der Waals surface area contributed by atoms with Gasteiger partial charge in [0, 0.05) is 11.8 Å². The minimum Gasteiger partial charge on any atom is -0.392 e. The molecule has 0 amide bonds. The van der Waals surface area contributed by atoms with Gasteiger partial charge in [-0.2, -0.15) is 0 Å². The summed E-state index contributed by atoms with van der Waals surface area (Å²) >= 11 is 0. The third-order valence-corrected chi connectivity index (χ3v) is 3.74. The van der Waals surface area contributed by atoms with Gasteiger partial charge in [-0.25, -0.2) is 0 Å². The third kappa shape index (κ3) is 1.36. The smallest absolute Gasteiger partial charge is 0.0608 e. The van der Waals surface area contributed by atoms with Crippen LogP contribution in [0.1, 0.15) is 26.2 Å². The predicted octanol–water partition coefficient (Wildman–Crippen LogP) is 2.84. The minimum absolute atomic E-state index is 0.163. The Kier molecular flexibility index (Phi) is 2.36. The van der Waals surface area contributed by atoms with E-state index in [4.69, 9.17) is 0 Å². The molecule has 2 rings (SSSR count). The Morgan fingerprint density at radius 3 is 2.36 bits per heavy atom. The lowest BCUT2D eigenvalue weighted by atomic mass is 9.69. The Hall–Kier alpha value is -0.820. The molecule has 0 heterocycles. The van der Waals surface area contributed by atoms with E-state index < -0.39 is 0 Å². The molecular weight excluding hydrogens is 172 g/mol. The van der Waals surface area contributed by atoms with Crippen molar-refractivity contribution in [2.75, 3.05) is 0 Å². The van der Waals surface area contributed by atoms with Crippen molar-refractivity contribution >= 4 is 0 Å². The van der Waals surface area contributed by atoms with Gasteiger partial charge in [0.25, 0.3) is 0 Å². The summed E-state index contributed by atoms with van der Waals surface area (Å²) in [5.74, 6) is 0.797. The number of hydrogen-bond donors (Lipinski definition) is 1. The third-order valence-electron chi connectivity index (χ3n) is 3.74. The molecule has 1 N–H and O–H groups in total. The topological polar surface area (TPSA) is 20.2 Å². The molecule has 0 saturated heterocycles. The summed E-state index contributed by atoms with van der Waals surface area (Å²) in [6, 6.07) is 0. The van der Waals surface area contributed by atoms with Crippen LogP contribution in [-0.2, 0) is 0 Å². The zero-order valence-electron chi connectivity index (χ0n) is 8.79. The second-order valence-electron chi connectivity index (χ2n) is 4.54. The van der Waals surface area contributed by atoms with Crippen LogP contribution < -0.4 is 0 Å². The predicted molar refractivity (Wildman–Crippen MR) is 58.9 cm³/mol. The highest BCUT2D eigenvalue weighted by molar-refractivity contribution is 5.40. The molecule has 14 heavy (non-hydrogen) atoms. The molecule has 76 valence electrons. The summed E-state index contributed by atoms with van der Waals surface area (Å²) in [7, 11) is 0. The molecule has 0 radical (unpaired) electrons. The standard InChI is InChI=1S/C13H18O/c1-8-4-5-11(8)9(2)10(3)12-6-7-13(12)14/h4,11-14H,2-3,5-7H2,1H3/t11?,12-,13?/m1/s1. The van der Waals surface area contributed by atoms with Gasteiger partial charge in [-0.15, -0.1) is 0 Å². The zero-order valence-corrected chi connectivity index (χ0v) is 8.79. The van der Waals surface area contributed by atoms with Crippen LogP contribution in [0.15, 0.2) is 36.0 Å². The summed E-state index contributed by atoms with van der Waals surface area (Å²) in [5, 5.41) is 9.55. The summed E-state index contributed by atoms with van der Waals surface area (Å²) in [6.07, 6.45) is 5.18. The maximum atomic E-state index is 9.55. The van der Waals surface area contributed by atoms with Gasteiger partial charge < -0.3 is 5.11 Å². The molecular formula is C13H18O. The molecule has 2 aliphatic carbocycles. The Morgan fingerprint density at radius 2 is 2.07 bits per heavy atom. The normalized spacial score (nSPS) is 35.3. The number of hydrogen-bond acceptors (Lipinski definition) is 1. The SMILES string of the molecule is C=C(C(=C)[C@H]1CCC1O)C1CC=C1C. The van der Waals surface area contributed by atoms with Crippen molar-refractivity contribution in [2.45, 2.75) is 32.3 Å². The first-order valence-electron chi connectivity index (χ1n) is 5.34. The Morgan fingerprint density at radius 1 is 1.36 bits per heavy atom. The fraction of sp³-hybridized carbons (Fsp3) is 0.538. The van der Waals surface area contributed by atoms with E-state index in [9.17, 15) is 5.11 Å². The van der Waals surface area contributed by atoms with Crippen molar-refractivity contribution in [1.29, 1.82) is 0 Å². The first kappa shape index (κ1) is 9.72. The number of allylic oxidation sites excluding steroid dienone is 3. The van der Waals surface area contributed by atoms with E-state index in [1.807, 2.05) is 0 Å². The molecule has 1 nitrogen and oxygen atoms in total. The Balaban J connectivity index is 1.98. The van der Waals surface area contributed by atoms with Crippen molar-refractivity contribution in [2.24, 2.45) is 11.8 Å². The summed E-state index contributed by atoms with van der Waals surface area (Å²) in [4.78, 5) is 0. The lowest BCUT2D eigenvalue weighted by Crippen LogP contribution is -2.34. The summed E-state index contributed by atoms with van der Waals surface area (Å²) < 4.78 is 0. The van der Waals surface area contributed by atoms with Crippen molar-refractivity contribution in [3.8, 4) is 0 Å². The van der Waals surface area contributed by atoms with Gasteiger partial charge in [0.2, 0.25) is 0 Å². The fourth-order valence-electron chi connectivity index (χ4n) is 2.24. The molecule has 1 fully saturated rings. The van der Waals surface area contributed by atoms with Gasteiger partial charge in [-0.05, 0) is 37.3 Å². The summed E-state index contributed by atoms with van der Waals surface area (Å²) in [6.45, 7) is 10.3. The van der Waals surface area contributed by atoms with E-state index in [1.54, 1.807) is 0 Å². The monoisotopic (exact) mass is 190 g/mol. The van der Waals surface area contributed by atoms with Crippen LogP contribution in [0.25, 0.3) is 0 Å². The van der Waals surface area contributed by atoms with E-state index in [0.717, 1.165) is 30.4 Å². The number of aliphatic hydroxyl groups is 1. The van der Waals surface area contributed by atoms with Crippen LogP contribution in [-0.4, -0.2) is 11.2 Å². The second kappa shape index (κ2) is 3.39. The Bertz CT molecular complexity index is 311. The first-order valence-corrected chi connectivity index (χ1v) is 5.34. The lowest BCUT2D eigenvalue weighted by Gasteiger charge is -2.38. The van der Waals surface area contributed by atoms with E-state index in [2.05, 4.69) is 26.2 Å². The lowest BCUT2D eigenvalue weighted by molar-refractivity contribution is 0.0448. The summed E-state index contributed by atoms with van der Waals surface area (Å²) in [5.41, 5.74) is 3.64. The molecule has 0 bridgehead atoms. The molecule has 0 spiro atoms. The van der Waals surface area contributed by atoms with Gasteiger partial charge in [0.05, 0.1) is 6.10 Å². The van der Waals surface area contributed by atoms with Crippen molar-refractivity contribution in [3.05, 3.63) is 36.0 Å². The van der Waals surface area contributed by atoms with Crippen LogP contribution in [0.2, 0.25) is 0 Å². The van der Waals surface area contributed by atoms with Gasteiger partial charge in [-0.3, -0.25) is 0 Å². The average Bonchev–Trinajstić information content (AvgIpc) is 2.12. The van der Waals surface area contributed by atoms with E-state index in [0.29, 0.717) is 5.92 Å². The second-order valence-corrected chi connectivity index (χ2v) is 4.54. The van der Waals surface area contributed by atoms with Crippen molar-refractivity contribution in [3.63, 3.8) is 0 Å². The highest BCUT2D eigenvalue weighted by Crippen LogP contribution is 2.42.